The molecule has 0 aliphatic rings. The fraction of sp³-hybridized carbons (Fsp3) is 0.571. The summed E-state index contributed by atoms with van der Waals surface area (Å²) in [6, 6.07) is 0. The number of pyridine rings is 1. The fourth-order valence-electron chi connectivity index (χ4n) is 1.99. The topological polar surface area (TPSA) is 25.8 Å². The van der Waals surface area contributed by atoms with Crippen LogP contribution in [0, 0.1) is 0 Å². The number of rotatable bonds is 2. The normalized spacial score (nSPS) is 14.2. The number of nitrogens with zero attached hydrogens (tertiary/aromatic N) is 2. The molecule has 0 fully saturated rings. The fourth-order valence-corrected chi connectivity index (χ4v) is 3.00. The Kier molecular flexibility index (Phi) is 3.21. The molecule has 2 rings (SSSR count). The summed E-state index contributed by atoms with van der Waals surface area (Å²) in [5.74, 6) is 0.529. The van der Waals surface area contributed by atoms with Gasteiger partial charge in [-0.1, -0.05) is 34.6 Å². The summed E-state index contributed by atoms with van der Waals surface area (Å²) in [7, 11) is 0. The van der Waals surface area contributed by atoms with E-state index < -0.39 is 0 Å². The maximum Gasteiger partial charge on any atom is 0.0880 e. The molecule has 0 radical (unpaired) electrons. The summed E-state index contributed by atoms with van der Waals surface area (Å²) in [4.78, 5) is 9.23. The molecule has 2 aromatic rings. The van der Waals surface area contributed by atoms with Crippen molar-refractivity contribution in [2.45, 2.75) is 52.4 Å². The van der Waals surface area contributed by atoms with Crippen LogP contribution in [0.25, 0.3) is 10.2 Å². The Morgan fingerprint density at radius 1 is 1.29 bits per heavy atom. The highest BCUT2D eigenvalue weighted by atomic mass is 32.1. The molecule has 0 amide bonds. The summed E-state index contributed by atoms with van der Waals surface area (Å²) < 4.78 is 1.26. The molecule has 3 heteroatoms. The first-order valence-corrected chi connectivity index (χ1v) is 7.05. The molecule has 0 spiro atoms. The lowest BCUT2D eigenvalue weighted by atomic mass is 9.90. The number of hydrogen-bond acceptors (Lipinski definition) is 3. The zero-order valence-corrected chi connectivity index (χ0v) is 12.1. The summed E-state index contributed by atoms with van der Waals surface area (Å²) >= 11 is 1.71. The third-order valence-corrected chi connectivity index (χ3v) is 4.08. The Balaban J connectivity index is 2.67. The highest BCUT2D eigenvalue weighted by Crippen LogP contribution is 2.34. The molecular weight excluding hydrogens is 228 g/mol. The molecule has 2 heterocycles. The molecule has 92 valence electrons. The highest BCUT2D eigenvalue weighted by molar-refractivity contribution is 7.17. The Labute approximate surface area is 107 Å². The largest absolute Gasteiger partial charge is 0.259 e. The van der Waals surface area contributed by atoms with Crippen molar-refractivity contribution in [1.29, 1.82) is 0 Å². The van der Waals surface area contributed by atoms with Gasteiger partial charge < -0.3 is 0 Å². The van der Waals surface area contributed by atoms with Crippen molar-refractivity contribution < 1.29 is 0 Å². The van der Waals surface area contributed by atoms with Crippen molar-refractivity contribution in [1.82, 2.24) is 9.97 Å². The zero-order chi connectivity index (χ0) is 12.6. The molecule has 0 aliphatic heterocycles. The predicted molar refractivity (Wildman–Crippen MR) is 74.8 cm³/mol. The summed E-state index contributed by atoms with van der Waals surface area (Å²) in [5, 5.41) is 0. The minimum Gasteiger partial charge on any atom is -0.259 e. The summed E-state index contributed by atoms with van der Waals surface area (Å²) in [6.07, 6.45) is 3.15. The van der Waals surface area contributed by atoms with Crippen LogP contribution in [0.5, 0.6) is 0 Å². The van der Waals surface area contributed by atoms with E-state index in [0.717, 1.165) is 11.9 Å². The van der Waals surface area contributed by atoms with Gasteiger partial charge in [0.1, 0.15) is 0 Å². The van der Waals surface area contributed by atoms with E-state index in [1.165, 1.54) is 16.0 Å². The zero-order valence-electron chi connectivity index (χ0n) is 11.2. The lowest BCUT2D eigenvalue weighted by Gasteiger charge is -2.20. The number of aromatic nitrogens is 2. The van der Waals surface area contributed by atoms with E-state index in [9.17, 15) is 0 Å². The first kappa shape index (κ1) is 12.5. The quantitative estimate of drug-likeness (QED) is 0.782. The van der Waals surface area contributed by atoms with Crippen molar-refractivity contribution in [2.24, 2.45) is 0 Å². The van der Waals surface area contributed by atoms with Gasteiger partial charge in [-0.25, -0.2) is 4.98 Å². The second-order valence-electron chi connectivity index (χ2n) is 5.65. The molecule has 0 saturated carbocycles. The lowest BCUT2D eigenvalue weighted by Crippen LogP contribution is -2.14. The minimum absolute atomic E-state index is 0.0821. The van der Waals surface area contributed by atoms with Crippen molar-refractivity contribution in [3.05, 3.63) is 23.0 Å². The third-order valence-electron chi connectivity index (χ3n) is 3.24. The molecule has 2 aromatic heterocycles. The first-order valence-electron chi connectivity index (χ1n) is 6.17. The van der Waals surface area contributed by atoms with Gasteiger partial charge in [0, 0.05) is 17.2 Å². The molecule has 0 aliphatic carbocycles. The van der Waals surface area contributed by atoms with E-state index >= 15 is 0 Å². The number of hydrogen-bond donors (Lipinski definition) is 0. The van der Waals surface area contributed by atoms with E-state index in [1.807, 2.05) is 11.7 Å². The molecule has 2 nitrogen and oxygen atoms in total. The van der Waals surface area contributed by atoms with E-state index in [-0.39, 0.29) is 5.41 Å². The number of fused-ring (bicyclic) bond motifs is 1. The van der Waals surface area contributed by atoms with Gasteiger partial charge in [-0.3, -0.25) is 4.98 Å². The molecular formula is C14H20N2S. The van der Waals surface area contributed by atoms with E-state index in [4.69, 9.17) is 0 Å². The SMILES string of the molecule is CCC(C)c1cnc(C(C)(C)C)c2scnc12. The van der Waals surface area contributed by atoms with Crippen molar-refractivity contribution in [3.63, 3.8) is 0 Å². The van der Waals surface area contributed by atoms with Crippen LogP contribution in [0.4, 0.5) is 0 Å². The maximum atomic E-state index is 4.69. The Hall–Kier alpha value is -0.960. The van der Waals surface area contributed by atoms with E-state index in [1.54, 1.807) is 11.3 Å². The molecule has 0 saturated heterocycles. The third kappa shape index (κ3) is 2.21. The van der Waals surface area contributed by atoms with Gasteiger partial charge in [-0.15, -0.1) is 11.3 Å². The molecule has 0 aromatic carbocycles. The van der Waals surface area contributed by atoms with E-state index in [0.29, 0.717) is 5.92 Å². The van der Waals surface area contributed by atoms with Crippen LogP contribution in [-0.2, 0) is 5.41 Å². The summed E-state index contributed by atoms with van der Waals surface area (Å²) in [5.41, 5.74) is 5.63. The minimum atomic E-state index is 0.0821. The summed E-state index contributed by atoms with van der Waals surface area (Å²) in [6.45, 7) is 11.1. The van der Waals surface area contributed by atoms with Crippen LogP contribution in [0.15, 0.2) is 11.7 Å². The highest BCUT2D eigenvalue weighted by Gasteiger charge is 2.22. The molecule has 1 atom stereocenters. The van der Waals surface area contributed by atoms with Gasteiger partial charge in [0.25, 0.3) is 0 Å². The second kappa shape index (κ2) is 4.37. The van der Waals surface area contributed by atoms with Crippen LogP contribution in [0.2, 0.25) is 0 Å². The Bertz CT molecular complexity index is 522. The van der Waals surface area contributed by atoms with Crippen LogP contribution in [0.1, 0.15) is 58.2 Å². The van der Waals surface area contributed by atoms with Crippen LogP contribution in [-0.4, -0.2) is 9.97 Å². The predicted octanol–water partition coefficient (Wildman–Crippen LogP) is 4.50. The van der Waals surface area contributed by atoms with Crippen LogP contribution in [0.3, 0.4) is 0 Å². The van der Waals surface area contributed by atoms with Gasteiger partial charge in [0.15, 0.2) is 0 Å². The Morgan fingerprint density at radius 3 is 2.59 bits per heavy atom. The maximum absolute atomic E-state index is 4.69. The van der Waals surface area contributed by atoms with Gasteiger partial charge in [-0.05, 0) is 12.3 Å². The van der Waals surface area contributed by atoms with Gasteiger partial charge in [-0.2, -0.15) is 0 Å². The average Bonchev–Trinajstić information content (AvgIpc) is 2.73. The standard InChI is InChI=1S/C14H20N2S/c1-6-9(2)10-7-15-13(14(3,4)5)12-11(10)16-8-17-12/h7-9H,6H2,1-5H3. The molecule has 0 bridgehead atoms. The molecule has 1 unspecified atom stereocenters. The van der Waals surface area contributed by atoms with Crippen molar-refractivity contribution >= 4 is 21.6 Å². The monoisotopic (exact) mass is 248 g/mol. The molecule has 0 N–H and O–H groups in total. The smallest absolute Gasteiger partial charge is 0.0880 e. The molecule has 17 heavy (non-hydrogen) atoms. The van der Waals surface area contributed by atoms with Crippen LogP contribution < -0.4 is 0 Å². The first-order chi connectivity index (χ1) is 7.95. The van der Waals surface area contributed by atoms with Gasteiger partial charge in [0.2, 0.25) is 0 Å². The lowest BCUT2D eigenvalue weighted by molar-refractivity contribution is 0.575. The van der Waals surface area contributed by atoms with E-state index in [2.05, 4.69) is 44.6 Å². The average molecular weight is 248 g/mol. The van der Waals surface area contributed by atoms with Gasteiger partial charge in [0.05, 0.1) is 21.4 Å². The van der Waals surface area contributed by atoms with Crippen LogP contribution >= 0.6 is 11.3 Å². The van der Waals surface area contributed by atoms with Gasteiger partial charge >= 0.3 is 0 Å². The van der Waals surface area contributed by atoms with Crippen molar-refractivity contribution in [2.75, 3.05) is 0 Å². The Morgan fingerprint density at radius 2 is 2.00 bits per heavy atom. The second-order valence-corrected chi connectivity index (χ2v) is 6.51. The van der Waals surface area contributed by atoms with Crippen molar-refractivity contribution in [3.8, 4) is 0 Å². The number of thiazole rings is 1.